The summed E-state index contributed by atoms with van der Waals surface area (Å²) in [5.74, 6) is 0.0165. The summed E-state index contributed by atoms with van der Waals surface area (Å²) in [4.78, 5) is 12.9. The molecule has 17 heavy (non-hydrogen) atoms. The van der Waals surface area contributed by atoms with E-state index in [9.17, 15) is 4.79 Å². The van der Waals surface area contributed by atoms with E-state index in [0.717, 1.165) is 19.5 Å². The third-order valence-corrected chi connectivity index (χ3v) is 3.73. The molecule has 0 aromatic rings. The van der Waals surface area contributed by atoms with E-state index in [2.05, 4.69) is 24.1 Å². The first-order chi connectivity index (χ1) is 8.13. The van der Waals surface area contributed by atoms with Gasteiger partial charge < -0.3 is 15.3 Å². The molecule has 4 nitrogen and oxygen atoms in total. The SMILES string of the molecule is CCN1CCCC(C(C)NCCCC(=O)O)C1. The van der Waals surface area contributed by atoms with Crippen LogP contribution in [-0.4, -0.2) is 48.2 Å². The molecular formula is C13H26N2O2. The molecule has 1 aliphatic rings. The highest BCUT2D eigenvalue weighted by Gasteiger charge is 2.23. The van der Waals surface area contributed by atoms with Crippen LogP contribution in [0.3, 0.4) is 0 Å². The summed E-state index contributed by atoms with van der Waals surface area (Å²) < 4.78 is 0. The number of rotatable bonds is 7. The number of carboxylic acid groups (broad SMARTS) is 1. The van der Waals surface area contributed by atoms with Gasteiger partial charge in [0.05, 0.1) is 0 Å². The van der Waals surface area contributed by atoms with Gasteiger partial charge in [0.1, 0.15) is 0 Å². The lowest BCUT2D eigenvalue weighted by Gasteiger charge is -2.35. The molecule has 0 aromatic carbocycles. The Morgan fingerprint density at radius 1 is 1.59 bits per heavy atom. The maximum Gasteiger partial charge on any atom is 0.303 e. The van der Waals surface area contributed by atoms with Gasteiger partial charge in [-0.05, 0) is 51.7 Å². The summed E-state index contributed by atoms with van der Waals surface area (Å²) in [5.41, 5.74) is 0. The molecule has 1 aliphatic heterocycles. The van der Waals surface area contributed by atoms with Crippen molar-refractivity contribution < 1.29 is 9.90 Å². The van der Waals surface area contributed by atoms with Crippen LogP contribution in [0.1, 0.15) is 39.5 Å². The molecule has 0 aliphatic carbocycles. The Labute approximate surface area is 104 Å². The van der Waals surface area contributed by atoms with E-state index in [1.165, 1.54) is 25.9 Å². The van der Waals surface area contributed by atoms with Crippen molar-refractivity contribution in [1.29, 1.82) is 0 Å². The normalized spacial score (nSPS) is 23.5. The van der Waals surface area contributed by atoms with Gasteiger partial charge in [0, 0.05) is 19.0 Å². The monoisotopic (exact) mass is 242 g/mol. The third-order valence-electron chi connectivity index (χ3n) is 3.73. The number of carboxylic acids is 1. The summed E-state index contributed by atoms with van der Waals surface area (Å²) in [7, 11) is 0. The lowest BCUT2D eigenvalue weighted by atomic mass is 9.91. The molecular weight excluding hydrogens is 216 g/mol. The maximum absolute atomic E-state index is 10.4. The molecule has 4 heteroatoms. The number of hydrogen-bond donors (Lipinski definition) is 2. The second-order valence-electron chi connectivity index (χ2n) is 5.04. The Morgan fingerprint density at radius 2 is 2.35 bits per heavy atom. The van der Waals surface area contributed by atoms with Crippen molar-refractivity contribution in [2.45, 2.75) is 45.6 Å². The lowest BCUT2D eigenvalue weighted by molar-refractivity contribution is -0.137. The fourth-order valence-corrected chi connectivity index (χ4v) is 2.52. The number of hydrogen-bond acceptors (Lipinski definition) is 3. The molecule has 0 aromatic heterocycles. The van der Waals surface area contributed by atoms with Gasteiger partial charge >= 0.3 is 5.97 Å². The first kappa shape index (κ1) is 14.5. The summed E-state index contributed by atoms with van der Waals surface area (Å²) in [6, 6.07) is 0.498. The molecule has 2 N–H and O–H groups in total. The molecule has 0 bridgehead atoms. The first-order valence-corrected chi connectivity index (χ1v) is 6.81. The Balaban J connectivity index is 2.17. The van der Waals surface area contributed by atoms with Crippen LogP contribution in [0.15, 0.2) is 0 Å². The van der Waals surface area contributed by atoms with Crippen LogP contribution in [0.5, 0.6) is 0 Å². The van der Waals surface area contributed by atoms with Crippen molar-refractivity contribution in [2.75, 3.05) is 26.2 Å². The second-order valence-corrected chi connectivity index (χ2v) is 5.04. The van der Waals surface area contributed by atoms with Gasteiger partial charge in [-0.2, -0.15) is 0 Å². The molecule has 1 heterocycles. The van der Waals surface area contributed by atoms with Crippen LogP contribution >= 0.6 is 0 Å². The third kappa shape index (κ3) is 5.50. The van der Waals surface area contributed by atoms with Crippen LogP contribution in [0.4, 0.5) is 0 Å². The van der Waals surface area contributed by atoms with Gasteiger partial charge in [0.25, 0.3) is 0 Å². The van der Waals surface area contributed by atoms with Gasteiger partial charge in [-0.15, -0.1) is 0 Å². The fraction of sp³-hybridized carbons (Fsp3) is 0.923. The highest BCUT2D eigenvalue weighted by Crippen LogP contribution is 2.19. The second kappa shape index (κ2) is 7.67. The van der Waals surface area contributed by atoms with Crippen LogP contribution in [-0.2, 0) is 4.79 Å². The highest BCUT2D eigenvalue weighted by atomic mass is 16.4. The van der Waals surface area contributed by atoms with Crippen LogP contribution in [0.2, 0.25) is 0 Å². The Kier molecular flexibility index (Phi) is 6.52. The lowest BCUT2D eigenvalue weighted by Crippen LogP contribution is -2.44. The molecule has 0 amide bonds. The standard InChI is InChI=1S/C13H26N2O2/c1-3-15-9-5-6-12(10-15)11(2)14-8-4-7-13(16)17/h11-12,14H,3-10H2,1-2H3,(H,16,17). The van der Waals surface area contributed by atoms with E-state index >= 15 is 0 Å². The minimum atomic E-state index is -0.700. The van der Waals surface area contributed by atoms with Gasteiger partial charge in [0.15, 0.2) is 0 Å². The molecule has 100 valence electrons. The van der Waals surface area contributed by atoms with Gasteiger partial charge in [-0.3, -0.25) is 4.79 Å². The largest absolute Gasteiger partial charge is 0.481 e. The smallest absolute Gasteiger partial charge is 0.303 e. The van der Waals surface area contributed by atoms with Crippen molar-refractivity contribution in [3.8, 4) is 0 Å². The fourth-order valence-electron chi connectivity index (χ4n) is 2.52. The van der Waals surface area contributed by atoms with Gasteiger partial charge in [0.2, 0.25) is 0 Å². The number of nitrogens with one attached hydrogen (secondary N) is 1. The molecule has 0 spiro atoms. The molecule has 1 saturated heterocycles. The van der Waals surface area contributed by atoms with Crippen molar-refractivity contribution in [1.82, 2.24) is 10.2 Å². The minimum absolute atomic E-state index is 0.269. The summed E-state index contributed by atoms with van der Waals surface area (Å²) in [6.07, 6.45) is 3.58. The van der Waals surface area contributed by atoms with E-state index < -0.39 is 5.97 Å². The molecule has 0 saturated carbocycles. The quantitative estimate of drug-likeness (QED) is 0.665. The molecule has 2 atom stereocenters. The first-order valence-electron chi connectivity index (χ1n) is 6.81. The van der Waals surface area contributed by atoms with E-state index in [4.69, 9.17) is 5.11 Å². The average molecular weight is 242 g/mol. The predicted molar refractivity (Wildman–Crippen MR) is 69.2 cm³/mol. The van der Waals surface area contributed by atoms with E-state index in [0.29, 0.717) is 12.0 Å². The van der Waals surface area contributed by atoms with E-state index in [1.54, 1.807) is 0 Å². The highest BCUT2D eigenvalue weighted by molar-refractivity contribution is 5.66. The molecule has 0 radical (unpaired) electrons. The van der Waals surface area contributed by atoms with Crippen molar-refractivity contribution in [3.05, 3.63) is 0 Å². The zero-order valence-electron chi connectivity index (χ0n) is 11.1. The van der Waals surface area contributed by atoms with Crippen LogP contribution in [0.25, 0.3) is 0 Å². The summed E-state index contributed by atoms with van der Waals surface area (Å²) >= 11 is 0. The van der Waals surface area contributed by atoms with E-state index in [1.807, 2.05) is 0 Å². The number of likely N-dealkylation sites (tertiary alicyclic amines) is 1. The van der Waals surface area contributed by atoms with Crippen molar-refractivity contribution >= 4 is 5.97 Å². The van der Waals surface area contributed by atoms with Crippen molar-refractivity contribution in [2.24, 2.45) is 5.92 Å². The van der Waals surface area contributed by atoms with Crippen LogP contribution in [0, 0.1) is 5.92 Å². The number of aliphatic carboxylic acids is 1. The topological polar surface area (TPSA) is 52.6 Å². The summed E-state index contributed by atoms with van der Waals surface area (Å²) in [5, 5.41) is 12.0. The zero-order valence-corrected chi connectivity index (χ0v) is 11.1. The zero-order chi connectivity index (χ0) is 12.7. The van der Waals surface area contributed by atoms with Crippen LogP contribution < -0.4 is 5.32 Å². The molecule has 1 rings (SSSR count). The molecule has 2 unspecified atom stereocenters. The molecule has 1 fully saturated rings. The van der Waals surface area contributed by atoms with Crippen molar-refractivity contribution in [3.63, 3.8) is 0 Å². The number of carbonyl (C=O) groups is 1. The maximum atomic E-state index is 10.4. The Bertz CT molecular complexity index is 233. The summed E-state index contributed by atoms with van der Waals surface area (Å²) in [6.45, 7) is 8.82. The number of nitrogens with zero attached hydrogens (tertiary/aromatic N) is 1. The van der Waals surface area contributed by atoms with Gasteiger partial charge in [-0.25, -0.2) is 0 Å². The number of piperidine rings is 1. The predicted octanol–water partition coefficient (Wildman–Crippen LogP) is 1.56. The van der Waals surface area contributed by atoms with E-state index in [-0.39, 0.29) is 6.42 Å². The average Bonchev–Trinajstić information content (AvgIpc) is 2.34. The minimum Gasteiger partial charge on any atom is -0.481 e. The Hall–Kier alpha value is -0.610. The van der Waals surface area contributed by atoms with Gasteiger partial charge in [-0.1, -0.05) is 6.92 Å². The Morgan fingerprint density at radius 3 is 3.00 bits per heavy atom.